The molecule has 0 N–H and O–H groups in total. The number of para-hydroxylation sites is 1. The van der Waals surface area contributed by atoms with Crippen molar-refractivity contribution in [3.05, 3.63) is 96.6 Å². The van der Waals surface area contributed by atoms with Crippen LogP contribution in [0.1, 0.15) is 17.7 Å². The maximum absolute atomic E-state index is 13.4. The average molecular weight is 347 g/mol. The second kappa shape index (κ2) is 8.54. The van der Waals surface area contributed by atoms with E-state index < -0.39 is 0 Å². The number of carbonyl (C=O) groups is 1. The number of anilines is 1. The molecule has 3 heteroatoms. The monoisotopic (exact) mass is 347 g/mol. The van der Waals surface area contributed by atoms with Gasteiger partial charge >= 0.3 is 0 Å². The Morgan fingerprint density at radius 3 is 1.92 bits per heavy atom. The van der Waals surface area contributed by atoms with E-state index in [0.29, 0.717) is 6.54 Å². The van der Waals surface area contributed by atoms with Gasteiger partial charge in [-0.2, -0.15) is 0 Å². The molecule has 0 spiro atoms. The van der Waals surface area contributed by atoms with Gasteiger partial charge in [0.05, 0.1) is 0 Å². The third-order valence-corrected chi connectivity index (χ3v) is 5.23. The minimum Gasteiger partial charge on any atom is -0.311 e. The highest BCUT2D eigenvalue weighted by molar-refractivity contribution is 8.00. The largest absolute Gasteiger partial charge is 0.311 e. The summed E-state index contributed by atoms with van der Waals surface area (Å²) in [5.41, 5.74) is 1.96. The number of hydrogen-bond donors (Lipinski definition) is 0. The SMILES string of the molecule is CCN(C(=O)C(Sc1ccccc1)c1ccccc1)c1ccccc1. The first-order valence-electron chi connectivity index (χ1n) is 8.42. The lowest BCUT2D eigenvalue weighted by Crippen LogP contribution is -2.34. The summed E-state index contributed by atoms with van der Waals surface area (Å²) in [5, 5.41) is -0.274. The van der Waals surface area contributed by atoms with E-state index in [1.165, 1.54) is 0 Å². The van der Waals surface area contributed by atoms with Crippen molar-refractivity contribution in [2.75, 3.05) is 11.4 Å². The fourth-order valence-electron chi connectivity index (χ4n) is 2.74. The molecule has 25 heavy (non-hydrogen) atoms. The van der Waals surface area contributed by atoms with Crippen LogP contribution in [-0.4, -0.2) is 12.5 Å². The summed E-state index contributed by atoms with van der Waals surface area (Å²) in [6.07, 6.45) is 0. The Kier molecular flexibility index (Phi) is 5.91. The van der Waals surface area contributed by atoms with Crippen LogP contribution in [0.3, 0.4) is 0 Å². The van der Waals surface area contributed by atoms with E-state index in [9.17, 15) is 4.79 Å². The van der Waals surface area contributed by atoms with E-state index in [4.69, 9.17) is 0 Å². The van der Waals surface area contributed by atoms with Crippen LogP contribution >= 0.6 is 11.8 Å². The van der Waals surface area contributed by atoms with Crippen LogP contribution in [0.2, 0.25) is 0 Å². The maximum Gasteiger partial charge on any atom is 0.244 e. The molecule has 0 aliphatic carbocycles. The van der Waals surface area contributed by atoms with Crippen molar-refractivity contribution >= 4 is 23.4 Å². The van der Waals surface area contributed by atoms with Crippen molar-refractivity contribution in [2.24, 2.45) is 0 Å². The first kappa shape index (κ1) is 17.3. The van der Waals surface area contributed by atoms with Crippen LogP contribution in [0.5, 0.6) is 0 Å². The van der Waals surface area contributed by atoms with E-state index >= 15 is 0 Å². The predicted molar refractivity (Wildman–Crippen MR) is 106 cm³/mol. The first-order chi connectivity index (χ1) is 12.3. The third kappa shape index (κ3) is 4.31. The lowest BCUT2D eigenvalue weighted by Gasteiger charge is -2.26. The minimum atomic E-state index is -0.274. The molecule has 0 aromatic heterocycles. The van der Waals surface area contributed by atoms with E-state index in [-0.39, 0.29) is 11.2 Å². The second-order valence-corrected chi connectivity index (χ2v) is 6.82. The Morgan fingerprint density at radius 1 is 0.840 bits per heavy atom. The summed E-state index contributed by atoms with van der Waals surface area (Å²) in [5.74, 6) is 0.105. The molecule has 0 aliphatic heterocycles. The molecule has 0 saturated carbocycles. The van der Waals surface area contributed by atoms with Crippen LogP contribution in [0.4, 0.5) is 5.69 Å². The Balaban J connectivity index is 1.94. The lowest BCUT2D eigenvalue weighted by molar-refractivity contribution is -0.118. The highest BCUT2D eigenvalue weighted by Gasteiger charge is 2.27. The van der Waals surface area contributed by atoms with Crippen molar-refractivity contribution in [3.63, 3.8) is 0 Å². The fourth-order valence-corrected chi connectivity index (χ4v) is 3.85. The number of carbonyl (C=O) groups excluding carboxylic acids is 1. The van der Waals surface area contributed by atoms with Gasteiger partial charge in [-0.3, -0.25) is 4.79 Å². The summed E-state index contributed by atoms with van der Waals surface area (Å²) in [6, 6.07) is 30.0. The van der Waals surface area contributed by atoms with E-state index in [1.807, 2.05) is 103 Å². The van der Waals surface area contributed by atoms with Crippen molar-refractivity contribution in [3.8, 4) is 0 Å². The minimum absolute atomic E-state index is 0.105. The zero-order chi connectivity index (χ0) is 17.5. The fraction of sp³-hybridized carbons (Fsp3) is 0.136. The second-order valence-electron chi connectivity index (χ2n) is 5.64. The molecular weight excluding hydrogens is 326 g/mol. The zero-order valence-electron chi connectivity index (χ0n) is 14.2. The van der Waals surface area contributed by atoms with Gasteiger partial charge in [0.15, 0.2) is 0 Å². The molecule has 0 heterocycles. The summed E-state index contributed by atoms with van der Waals surface area (Å²) >= 11 is 1.60. The highest BCUT2D eigenvalue weighted by Crippen LogP contribution is 2.37. The summed E-state index contributed by atoms with van der Waals surface area (Å²) in [4.78, 5) is 16.3. The van der Waals surface area contributed by atoms with Gasteiger partial charge in [-0.05, 0) is 36.8 Å². The molecule has 1 amide bonds. The maximum atomic E-state index is 13.4. The van der Waals surface area contributed by atoms with E-state index in [2.05, 4.69) is 0 Å². The quantitative estimate of drug-likeness (QED) is 0.543. The van der Waals surface area contributed by atoms with Crippen LogP contribution in [0, 0.1) is 0 Å². The molecule has 126 valence electrons. The Morgan fingerprint density at radius 2 is 1.36 bits per heavy atom. The van der Waals surface area contributed by atoms with E-state index in [0.717, 1.165) is 16.1 Å². The van der Waals surface area contributed by atoms with Gasteiger partial charge in [-0.15, -0.1) is 11.8 Å². The Labute approximate surface area is 153 Å². The van der Waals surface area contributed by atoms with Crippen molar-refractivity contribution < 1.29 is 4.79 Å². The standard InChI is InChI=1S/C22H21NOS/c1-2-23(19-14-8-4-9-15-19)22(24)21(18-12-6-3-7-13-18)25-20-16-10-5-11-17-20/h3-17,21H,2H2,1H3. The van der Waals surface area contributed by atoms with Gasteiger partial charge in [-0.25, -0.2) is 0 Å². The normalized spacial score (nSPS) is 11.7. The average Bonchev–Trinajstić information content (AvgIpc) is 2.69. The smallest absolute Gasteiger partial charge is 0.244 e. The van der Waals surface area contributed by atoms with Gasteiger partial charge < -0.3 is 4.90 Å². The number of amides is 1. The molecule has 0 fully saturated rings. The third-order valence-electron chi connectivity index (χ3n) is 3.97. The summed E-state index contributed by atoms with van der Waals surface area (Å²) < 4.78 is 0. The van der Waals surface area contributed by atoms with Crippen molar-refractivity contribution in [1.82, 2.24) is 0 Å². The van der Waals surface area contributed by atoms with Gasteiger partial charge in [0.2, 0.25) is 5.91 Å². The predicted octanol–water partition coefficient (Wildman–Crippen LogP) is 5.57. The van der Waals surface area contributed by atoms with Crippen LogP contribution in [0.25, 0.3) is 0 Å². The van der Waals surface area contributed by atoms with Crippen LogP contribution in [-0.2, 0) is 4.79 Å². The molecular formula is C22H21NOS. The first-order valence-corrected chi connectivity index (χ1v) is 9.30. The number of likely N-dealkylation sites (N-methyl/N-ethyl adjacent to an activating group) is 1. The summed E-state index contributed by atoms with van der Waals surface area (Å²) in [6.45, 7) is 2.65. The zero-order valence-corrected chi connectivity index (χ0v) is 15.0. The number of nitrogens with zero attached hydrogens (tertiary/aromatic N) is 1. The molecule has 1 atom stereocenters. The van der Waals surface area contributed by atoms with Gasteiger partial charge in [-0.1, -0.05) is 66.7 Å². The Hall–Kier alpha value is -2.52. The number of thioether (sulfide) groups is 1. The topological polar surface area (TPSA) is 20.3 Å². The molecule has 2 nitrogen and oxygen atoms in total. The molecule has 0 saturated heterocycles. The number of hydrogen-bond acceptors (Lipinski definition) is 2. The molecule has 0 bridgehead atoms. The molecule has 1 unspecified atom stereocenters. The highest BCUT2D eigenvalue weighted by atomic mass is 32.2. The molecule has 3 aromatic carbocycles. The lowest BCUT2D eigenvalue weighted by atomic mass is 10.1. The van der Waals surface area contributed by atoms with E-state index in [1.54, 1.807) is 11.8 Å². The molecule has 3 aromatic rings. The Bertz CT molecular complexity index is 790. The van der Waals surface area contributed by atoms with Crippen molar-refractivity contribution in [2.45, 2.75) is 17.1 Å². The van der Waals surface area contributed by atoms with Gasteiger partial charge in [0.25, 0.3) is 0 Å². The van der Waals surface area contributed by atoms with Gasteiger partial charge in [0.1, 0.15) is 5.25 Å². The molecule has 0 radical (unpaired) electrons. The molecule has 0 aliphatic rings. The number of benzene rings is 3. The van der Waals surface area contributed by atoms with Crippen LogP contribution in [0.15, 0.2) is 95.9 Å². The number of rotatable bonds is 6. The van der Waals surface area contributed by atoms with Crippen molar-refractivity contribution in [1.29, 1.82) is 0 Å². The van der Waals surface area contributed by atoms with Gasteiger partial charge in [0, 0.05) is 17.1 Å². The summed E-state index contributed by atoms with van der Waals surface area (Å²) in [7, 11) is 0. The van der Waals surface area contributed by atoms with Crippen LogP contribution < -0.4 is 4.90 Å². The molecule has 3 rings (SSSR count).